The minimum Gasteiger partial charge on any atom is -0.508 e. The second-order valence-electron chi connectivity index (χ2n) is 4.28. The summed E-state index contributed by atoms with van der Waals surface area (Å²) in [7, 11) is 1.65. The minimum atomic E-state index is 0.207. The van der Waals surface area contributed by atoms with Gasteiger partial charge in [-0.3, -0.25) is 4.90 Å². The van der Waals surface area contributed by atoms with Gasteiger partial charge in [-0.1, -0.05) is 17.3 Å². The van der Waals surface area contributed by atoms with Crippen LogP contribution in [0.3, 0.4) is 0 Å². The molecule has 4 N–H and O–H groups in total. The average Bonchev–Trinajstić information content (AvgIpc) is 2.41. The van der Waals surface area contributed by atoms with E-state index in [4.69, 9.17) is 15.7 Å². The number of ether oxygens (including phenoxy) is 1. The van der Waals surface area contributed by atoms with Crippen LogP contribution in [-0.4, -0.2) is 47.9 Å². The monoisotopic (exact) mass is 267 g/mol. The molecule has 0 heterocycles. The Morgan fingerprint density at radius 2 is 2.21 bits per heavy atom. The van der Waals surface area contributed by atoms with Crippen molar-refractivity contribution < 1.29 is 15.1 Å². The van der Waals surface area contributed by atoms with Gasteiger partial charge in [0.25, 0.3) is 0 Å². The molecule has 0 aromatic heterocycles. The molecule has 6 heteroatoms. The molecule has 6 nitrogen and oxygen atoms in total. The zero-order valence-corrected chi connectivity index (χ0v) is 11.1. The molecule has 0 fully saturated rings. The molecule has 0 unspecified atom stereocenters. The van der Waals surface area contributed by atoms with Gasteiger partial charge in [0.05, 0.1) is 6.61 Å². The van der Waals surface area contributed by atoms with Crippen molar-refractivity contribution >= 4 is 5.84 Å². The van der Waals surface area contributed by atoms with Crippen LogP contribution in [0.1, 0.15) is 12.0 Å². The number of phenolic OH excluding ortho intramolecular Hbond substituents is 1. The normalized spacial score (nSPS) is 12.0. The van der Waals surface area contributed by atoms with Crippen LogP contribution in [0, 0.1) is 0 Å². The molecule has 106 valence electrons. The van der Waals surface area contributed by atoms with Crippen LogP contribution in [0.4, 0.5) is 0 Å². The predicted octanol–water partition coefficient (Wildman–Crippen LogP) is 0.977. The predicted molar refractivity (Wildman–Crippen MR) is 73.3 cm³/mol. The lowest BCUT2D eigenvalue weighted by molar-refractivity contribution is 0.145. The number of phenols is 1. The summed E-state index contributed by atoms with van der Waals surface area (Å²) in [6, 6.07) is 7.12. The summed E-state index contributed by atoms with van der Waals surface area (Å²) in [5.41, 5.74) is 6.48. The molecule has 0 radical (unpaired) electrons. The summed E-state index contributed by atoms with van der Waals surface area (Å²) < 4.78 is 5.06. The molecule has 0 aliphatic heterocycles. The zero-order chi connectivity index (χ0) is 14.1. The second-order valence-corrected chi connectivity index (χ2v) is 4.28. The van der Waals surface area contributed by atoms with Crippen molar-refractivity contribution in [1.82, 2.24) is 4.90 Å². The van der Waals surface area contributed by atoms with Crippen LogP contribution in [0.2, 0.25) is 0 Å². The lowest BCUT2D eigenvalue weighted by Crippen LogP contribution is -2.30. The standard InChI is InChI=1S/C13H21N3O3/c1-19-8-7-16(6-5-13(14)15-18)10-11-3-2-4-12(17)9-11/h2-4,9,17-18H,5-8,10H2,1H3,(H2,14,15). The summed E-state index contributed by atoms with van der Waals surface area (Å²) in [4.78, 5) is 2.12. The Balaban J connectivity index is 2.57. The third kappa shape index (κ3) is 6.08. The maximum atomic E-state index is 9.44. The molecule has 0 spiro atoms. The molecule has 0 saturated carbocycles. The van der Waals surface area contributed by atoms with Gasteiger partial charge in [0, 0.05) is 33.2 Å². The number of hydrogen-bond donors (Lipinski definition) is 3. The smallest absolute Gasteiger partial charge is 0.140 e. The summed E-state index contributed by atoms with van der Waals surface area (Å²) in [5.74, 6) is 0.457. The van der Waals surface area contributed by atoms with Crippen molar-refractivity contribution in [1.29, 1.82) is 0 Å². The first kappa shape index (κ1) is 15.3. The lowest BCUT2D eigenvalue weighted by atomic mass is 10.2. The van der Waals surface area contributed by atoms with Gasteiger partial charge >= 0.3 is 0 Å². The van der Waals surface area contributed by atoms with E-state index in [1.54, 1.807) is 19.2 Å². The number of nitrogens with two attached hydrogens (primary N) is 1. The summed E-state index contributed by atoms with van der Waals surface area (Å²) in [5, 5.41) is 20.9. The Kier molecular flexibility index (Phi) is 6.70. The zero-order valence-electron chi connectivity index (χ0n) is 11.1. The number of amidine groups is 1. The topological polar surface area (TPSA) is 91.3 Å². The number of hydrogen-bond acceptors (Lipinski definition) is 5. The molecule has 0 aliphatic rings. The lowest BCUT2D eigenvalue weighted by Gasteiger charge is -2.21. The number of rotatable bonds is 8. The van der Waals surface area contributed by atoms with E-state index in [0.717, 1.165) is 12.1 Å². The van der Waals surface area contributed by atoms with Crippen LogP contribution < -0.4 is 5.73 Å². The summed E-state index contributed by atoms with van der Waals surface area (Å²) in [6.07, 6.45) is 0.485. The molecule has 0 bridgehead atoms. The molecular formula is C13H21N3O3. The summed E-state index contributed by atoms with van der Waals surface area (Å²) >= 11 is 0. The van der Waals surface area contributed by atoms with Crippen LogP contribution in [0.5, 0.6) is 5.75 Å². The van der Waals surface area contributed by atoms with Crippen molar-refractivity contribution in [3.05, 3.63) is 29.8 Å². The highest BCUT2D eigenvalue weighted by molar-refractivity contribution is 5.79. The fraction of sp³-hybridized carbons (Fsp3) is 0.462. The van der Waals surface area contributed by atoms with E-state index < -0.39 is 0 Å². The fourth-order valence-electron chi connectivity index (χ4n) is 1.73. The first-order valence-electron chi connectivity index (χ1n) is 6.11. The Hall–Kier alpha value is -1.79. The SMILES string of the molecule is COCCN(CCC(N)=NO)Cc1cccc(O)c1. The molecule has 1 rings (SSSR count). The van der Waals surface area contributed by atoms with Crippen LogP contribution in [0.15, 0.2) is 29.4 Å². The molecule has 1 aromatic rings. The highest BCUT2D eigenvalue weighted by Crippen LogP contribution is 2.13. The molecule has 0 amide bonds. The molecule has 0 atom stereocenters. The van der Waals surface area contributed by atoms with Crippen molar-refractivity contribution in [2.45, 2.75) is 13.0 Å². The van der Waals surface area contributed by atoms with Crippen molar-refractivity contribution in [2.75, 3.05) is 26.8 Å². The van der Waals surface area contributed by atoms with Gasteiger partial charge in [-0.25, -0.2) is 0 Å². The van der Waals surface area contributed by atoms with E-state index in [0.29, 0.717) is 26.1 Å². The number of methoxy groups -OCH3 is 1. The maximum Gasteiger partial charge on any atom is 0.140 e. The average molecular weight is 267 g/mol. The van der Waals surface area contributed by atoms with E-state index in [-0.39, 0.29) is 11.6 Å². The van der Waals surface area contributed by atoms with Gasteiger partial charge in [0.1, 0.15) is 11.6 Å². The first-order valence-corrected chi connectivity index (χ1v) is 6.11. The maximum absolute atomic E-state index is 9.44. The van der Waals surface area contributed by atoms with Crippen molar-refractivity contribution in [3.8, 4) is 5.75 Å². The van der Waals surface area contributed by atoms with E-state index >= 15 is 0 Å². The van der Waals surface area contributed by atoms with Crippen LogP contribution in [-0.2, 0) is 11.3 Å². The Bertz CT molecular complexity index is 410. The van der Waals surface area contributed by atoms with Gasteiger partial charge in [-0.05, 0) is 17.7 Å². The molecule has 0 aliphatic carbocycles. The molecule has 19 heavy (non-hydrogen) atoms. The van der Waals surface area contributed by atoms with Crippen molar-refractivity contribution in [2.24, 2.45) is 10.9 Å². The van der Waals surface area contributed by atoms with Crippen molar-refractivity contribution in [3.63, 3.8) is 0 Å². The van der Waals surface area contributed by atoms with E-state index in [1.807, 2.05) is 12.1 Å². The van der Waals surface area contributed by atoms with Gasteiger partial charge < -0.3 is 20.8 Å². The summed E-state index contributed by atoms with van der Waals surface area (Å²) in [6.45, 7) is 2.69. The minimum absolute atomic E-state index is 0.207. The molecule has 1 aromatic carbocycles. The third-order valence-electron chi connectivity index (χ3n) is 2.74. The van der Waals surface area contributed by atoms with Crippen LogP contribution in [0.25, 0.3) is 0 Å². The Morgan fingerprint density at radius 3 is 2.84 bits per heavy atom. The van der Waals surface area contributed by atoms with E-state index in [9.17, 15) is 5.11 Å². The third-order valence-corrected chi connectivity index (χ3v) is 2.74. The highest BCUT2D eigenvalue weighted by atomic mass is 16.5. The Labute approximate surface area is 113 Å². The molecule has 0 saturated heterocycles. The number of aromatic hydroxyl groups is 1. The second kappa shape index (κ2) is 8.34. The van der Waals surface area contributed by atoms with Gasteiger partial charge in [0.15, 0.2) is 0 Å². The van der Waals surface area contributed by atoms with Gasteiger partial charge in [-0.2, -0.15) is 0 Å². The highest BCUT2D eigenvalue weighted by Gasteiger charge is 2.07. The number of benzene rings is 1. The quantitative estimate of drug-likeness (QED) is 0.283. The molecular weight excluding hydrogens is 246 g/mol. The largest absolute Gasteiger partial charge is 0.508 e. The van der Waals surface area contributed by atoms with E-state index in [2.05, 4.69) is 10.1 Å². The van der Waals surface area contributed by atoms with Gasteiger partial charge in [0.2, 0.25) is 0 Å². The van der Waals surface area contributed by atoms with Gasteiger partial charge in [-0.15, -0.1) is 0 Å². The first-order chi connectivity index (χ1) is 9.15. The Morgan fingerprint density at radius 1 is 1.42 bits per heavy atom. The van der Waals surface area contributed by atoms with E-state index in [1.165, 1.54) is 0 Å². The van der Waals surface area contributed by atoms with Crippen LogP contribution >= 0.6 is 0 Å². The fourth-order valence-corrected chi connectivity index (χ4v) is 1.73. The number of oxime groups is 1. The number of nitrogens with zero attached hydrogens (tertiary/aromatic N) is 2.